The molecule has 0 aliphatic carbocycles. The number of amides is 2. The van der Waals surface area contributed by atoms with Crippen LogP contribution in [0.4, 0.5) is 0 Å². The van der Waals surface area contributed by atoms with Crippen LogP contribution < -0.4 is 5.32 Å². The molecule has 1 fully saturated rings. The number of nitrogens with zero attached hydrogens (tertiary/aromatic N) is 1. The van der Waals surface area contributed by atoms with Crippen LogP contribution in [-0.2, 0) is 11.2 Å². The van der Waals surface area contributed by atoms with Crippen molar-refractivity contribution in [3.63, 3.8) is 0 Å². The van der Waals surface area contributed by atoms with Crippen molar-refractivity contribution in [3.8, 4) is 0 Å². The van der Waals surface area contributed by atoms with Gasteiger partial charge in [-0.15, -0.1) is 11.3 Å². The smallest absolute Gasteiger partial charge is 0.261 e. The number of benzene rings is 1. The van der Waals surface area contributed by atoms with E-state index < -0.39 is 0 Å². The summed E-state index contributed by atoms with van der Waals surface area (Å²) in [5.74, 6) is 0.167. The van der Waals surface area contributed by atoms with E-state index >= 15 is 0 Å². The number of carbonyl (C=O) groups excluding carboxylic acids is 2. The fourth-order valence-electron chi connectivity index (χ4n) is 3.00. The quantitative estimate of drug-likeness (QED) is 0.863. The van der Waals surface area contributed by atoms with Crippen molar-refractivity contribution < 1.29 is 9.59 Å². The molecule has 6 heteroatoms. The molecule has 2 amide bonds. The number of hydrogen-bond acceptors (Lipinski definition) is 3. The highest BCUT2D eigenvalue weighted by Gasteiger charge is 2.24. The summed E-state index contributed by atoms with van der Waals surface area (Å²) < 4.78 is 0. The first kappa shape index (κ1) is 18.0. The molecule has 0 unspecified atom stereocenters. The summed E-state index contributed by atoms with van der Waals surface area (Å²) in [6.07, 6.45) is 2.85. The third-order valence-electron chi connectivity index (χ3n) is 4.47. The minimum Gasteiger partial charge on any atom is -0.348 e. The van der Waals surface area contributed by atoms with Crippen molar-refractivity contribution in [2.75, 3.05) is 13.1 Å². The number of carbonyl (C=O) groups is 2. The Morgan fingerprint density at radius 2 is 1.88 bits per heavy atom. The Bertz CT molecular complexity index is 708. The summed E-state index contributed by atoms with van der Waals surface area (Å²) in [5.41, 5.74) is 1.12. The van der Waals surface area contributed by atoms with Crippen LogP contribution >= 0.6 is 22.9 Å². The first-order chi connectivity index (χ1) is 12.1. The minimum atomic E-state index is -0.0116. The molecular weight excluding hydrogens is 356 g/mol. The SMILES string of the molecule is O=C(NC1CCN(C(=O)CCc2ccc(Cl)cc2)CC1)c1cccs1. The van der Waals surface area contributed by atoms with Crippen molar-refractivity contribution in [2.45, 2.75) is 31.7 Å². The summed E-state index contributed by atoms with van der Waals surface area (Å²) in [7, 11) is 0. The van der Waals surface area contributed by atoms with Gasteiger partial charge < -0.3 is 10.2 Å². The maximum atomic E-state index is 12.4. The van der Waals surface area contributed by atoms with Crippen LogP contribution in [-0.4, -0.2) is 35.8 Å². The number of thiophene rings is 1. The molecule has 132 valence electrons. The highest BCUT2D eigenvalue weighted by atomic mass is 35.5. The van der Waals surface area contributed by atoms with E-state index in [0.717, 1.165) is 29.7 Å². The Morgan fingerprint density at radius 3 is 2.52 bits per heavy atom. The topological polar surface area (TPSA) is 49.4 Å². The van der Waals surface area contributed by atoms with Crippen LogP contribution in [0, 0.1) is 0 Å². The summed E-state index contributed by atoms with van der Waals surface area (Å²) >= 11 is 7.32. The Hall–Kier alpha value is -1.85. The molecule has 0 radical (unpaired) electrons. The van der Waals surface area contributed by atoms with Crippen LogP contribution in [0.5, 0.6) is 0 Å². The third-order valence-corrected chi connectivity index (χ3v) is 5.59. The first-order valence-corrected chi connectivity index (χ1v) is 9.74. The number of halogens is 1. The average molecular weight is 377 g/mol. The van der Waals surface area contributed by atoms with Gasteiger partial charge in [0.05, 0.1) is 4.88 Å². The van der Waals surface area contributed by atoms with E-state index in [1.807, 2.05) is 46.7 Å². The van der Waals surface area contributed by atoms with Gasteiger partial charge in [0.25, 0.3) is 5.91 Å². The number of hydrogen-bond donors (Lipinski definition) is 1. The molecule has 1 aromatic carbocycles. The molecule has 0 bridgehead atoms. The zero-order valence-corrected chi connectivity index (χ0v) is 15.5. The second kappa shape index (κ2) is 8.50. The Balaban J connectivity index is 1.41. The average Bonchev–Trinajstić information content (AvgIpc) is 3.16. The van der Waals surface area contributed by atoms with Crippen LogP contribution in [0.15, 0.2) is 41.8 Å². The molecule has 0 saturated carbocycles. The lowest BCUT2D eigenvalue weighted by atomic mass is 10.0. The van der Waals surface area contributed by atoms with Crippen molar-refractivity contribution in [1.82, 2.24) is 10.2 Å². The summed E-state index contributed by atoms with van der Waals surface area (Å²) in [5, 5.41) is 5.67. The molecule has 1 saturated heterocycles. The Morgan fingerprint density at radius 1 is 1.16 bits per heavy atom. The molecule has 2 heterocycles. The predicted molar refractivity (Wildman–Crippen MR) is 101 cm³/mol. The van der Waals surface area contributed by atoms with E-state index in [2.05, 4.69) is 5.32 Å². The zero-order valence-electron chi connectivity index (χ0n) is 13.9. The lowest BCUT2D eigenvalue weighted by Gasteiger charge is -2.32. The van der Waals surface area contributed by atoms with Crippen LogP contribution in [0.3, 0.4) is 0 Å². The van der Waals surface area contributed by atoms with Crippen LogP contribution in [0.1, 0.15) is 34.5 Å². The van der Waals surface area contributed by atoms with Crippen molar-refractivity contribution in [3.05, 3.63) is 57.2 Å². The molecule has 1 aromatic heterocycles. The normalized spacial score (nSPS) is 15.2. The molecule has 2 aromatic rings. The fraction of sp³-hybridized carbons (Fsp3) is 0.368. The maximum absolute atomic E-state index is 12.4. The lowest BCUT2D eigenvalue weighted by molar-refractivity contribution is -0.132. The van der Waals surface area contributed by atoms with Gasteiger partial charge in [0.15, 0.2) is 0 Å². The van der Waals surface area contributed by atoms with Gasteiger partial charge in [-0.05, 0) is 48.4 Å². The first-order valence-electron chi connectivity index (χ1n) is 8.48. The van der Waals surface area contributed by atoms with E-state index in [9.17, 15) is 9.59 Å². The van der Waals surface area contributed by atoms with E-state index in [4.69, 9.17) is 11.6 Å². The molecule has 0 atom stereocenters. The van der Waals surface area contributed by atoms with Gasteiger partial charge in [0.1, 0.15) is 0 Å². The van der Waals surface area contributed by atoms with Crippen molar-refractivity contribution in [1.29, 1.82) is 0 Å². The van der Waals surface area contributed by atoms with Gasteiger partial charge in [-0.1, -0.05) is 29.8 Å². The van der Waals surface area contributed by atoms with E-state index in [-0.39, 0.29) is 17.9 Å². The molecule has 3 rings (SSSR count). The molecule has 1 N–H and O–H groups in total. The van der Waals surface area contributed by atoms with Crippen molar-refractivity contribution >= 4 is 34.8 Å². The van der Waals surface area contributed by atoms with Gasteiger partial charge in [-0.25, -0.2) is 0 Å². The van der Waals surface area contributed by atoms with E-state index in [0.29, 0.717) is 24.5 Å². The maximum Gasteiger partial charge on any atom is 0.261 e. The lowest BCUT2D eigenvalue weighted by Crippen LogP contribution is -2.46. The number of likely N-dealkylation sites (tertiary alicyclic amines) is 1. The standard InChI is InChI=1S/C19H21ClN2O2S/c20-15-6-3-14(4-7-15)5-8-18(23)22-11-9-16(10-12-22)21-19(24)17-2-1-13-25-17/h1-4,6-7,13,16H,5,8-12H2,(H,21,24). The third kappa shape index (κ3) is 5.06. The number of aryl methyl sites for hydroxylation is 1. The summed E-state index contributed by atoms with van der Waals surface area (Å²) in [4.78, 5) is 27.1. The summed E-state index contributed by atoms with van der Waals surface area (Å²) in [6.45, 7) is 1.41. The molecule has 1 aliphatic rings. The number of rotatable bonds is 5. The fourth-order valence-corrected chi connectivity index (χ4v) is 3.75. The van der Waals surface area contributed by atoms with Gasteiger partial charge in [-0.3, -0.25) is 9.59 Å². The molecular formula is C19H21ClN2O2S. The van der Waals surface area contributed by atoms with Gasteiger partial charge >= 0.3 is 0 Å². The van der Waals surface area contributed by atoms with Gasteiger partial charge in [0.2, 0.25) is 5.91 Å². The second-order valence-corrected chi connectivity index (χ2v) is 7.62. The van der Waals surface area contributed by atoms with Gasteiger partial charge in [0, 0.05) is 30.6 Å². The second-order valence-electron chi connectivity index (χ2n) is 6.23. The molecule has 25 heavy (non-hydrogen) atoms. The summed E-state index contributed by atoms with van der Waals surface area (Å²) in [6, 6.07) is 11.5. The Labute approximate surface area is 156 Å². The van der Waals surface area contributed by atoms with Gasteiger partial charge in [-0.2, -0.15) is 0 Å². The minimum absolute atomic E-state index is 0.0116. The Kier molecular flexibility index (Phi) is 6.10. The van der Waals surface area contributed by atoms with Crippen LogP contribution in [0.25, 0.3) is 0 Å². The number of piperidine rings is 1. The number of nitrogens with one attached hydrogen (secondary N) is 1. The van der Waals surface area contributed by atoms with Crippen molar-refractivity contribution in [2.24, 2.45) is 0 Å². The zero-order chi connectivity index (χ0) is 17.6. The largest absolute Gasteiger partial charge is 0.348 e. The van der Waals surface area contributed by atoms with E-state index in [1.165, 1.54) is 11.3 Å². The van der Waals surface area contributed by atoms with E-state index in [1.54, 1.807) is 0 Å². The highest BCUT2D eigenvalue weighted by Crippen LogP contribution is 2.16. The molecule has 0 spiro atoms. The molecule has 4 nitrogen and oxygen atoms in total. The highest BCUT2D eigenvalue weighted by molar-refractivity contribution is 7.12. The van der Waals surface area contributed by atoms with Crippen LogP contribution in [0.2, 0.25) is 5.02 Å². The predicted octanol–water partition coefficient (Wildman–Crippen LogP) is 3.76. The molecule has 1 aliphatic heterocycles. The monoisotopic (exact) mass is 376 g/mol.